The van der Waals surface area contributed by atoms with E-state index >= 15 is 0 Å². The first-order chi connectivity index (χ1) is 13.3. The number of sulfonamides is 1. The van der Waals surface area contributed by atoms with Crippen LogP contribution in [-0.4, -0.2) is 25.4 Å². The van der Waals surface area contributed by atoms with Crippen LogP contribution in [0, 0.1) is 0 Å². The molecule has 7 nitrogen and oxygen atoms in total. The lowest BCUT2D eigenvalue weighted by molar-refractivity contribution is -0.122. The minimum atomic E-state index is -3.73. The molecule has 0 unspecified atom stereocenters. The van der Waals surface area contributed by atoms with E-state index < -0.39 is 16.1 Å². The summed E-state index contributed by atoms with van der Waals surface area (Å²) in [5.74, 6) is 0.222. The van der Waals surface area contributed by atoms with Gasteiger partial charge >= 0.3 is 0 Å². The largest absolute Gasteiger partial charge is 0.481 e. The third-order valence-corrected chi connectivity index (χ3v) is 6.28. The number of hydrogen-bond acceptors (Lipinski definition) is 6. The van der Waals surface area contributed by atoms with E-state index in [0.29, 0.717) is 11.4 Å². The second-order valence-electron chi connectivity index (χ2n) is 5.67. The fraction of sp³-hybridized carbons (Fsp3) is 0.111. The molecule has 1 heterocycles. The number of ether oxygens (including phenoxy) is 1. The van der Waals surface area contributed by atoms with Gasteiger partial charge in [0.15, 0.2) is 11.2 Å². The molecule has 0 aliphatic carbocycles. The fourth-order valence-electron chi connectivity index (χ4n) is 2.18. The molecule has 0 fully saturated rings. The standard InChI is InChI=1S/C18H16BrN3O4S2/c1-12(26-15-6-2-13(19)3-7-15)17(23)21-14-4-8-16(9-5-14)28(24,25)22-18-20-10-11-27-18/h2-12H,1H3,(H,20,22)(H,21,23)/t12-/m0/s1. The Morgan fingerprint density at radius 2 is 1.82 bits per heavy atom. The van der Waals surface area contributed by atoms with Crippen LogP contribution in [0.25, 0.3) is 0 Å². The number of carbonyl (C=O) groups is 1. The monoisotopic (exact) mass is 481 g/mol. The third-order valence-electron chi connectivity index (χ3n) is 3.58. The van der Waals surface area contributed by atoms with E-state index in [2.05, 4.69) is 31.0 Å². The minimum absolute atomic E-state index is 0.0693. The molecule has 0 aliphatic rings. The molecule has 1 aromatic heterocycles. The molecule has 2 N–H and O–H groups in total. The fourth-order valence-corrected chi connectivity index (χ4v) is 4.23. The van der Waals surface area contributed by atoms with Gasteiger partial charge in [-0.15, -0.1) is 11.3 Å². The minimum Gasteiger partial charge on any atom is -0.481 e. The van der Waals surface area contributed by atoms with Gasteiger partial charge in [0.25, 0.3) is 15.9 Å². The first kappa shape index (κ1) is 20.3. The summed E-state index contributed by atoms with van der Waals surface area (Å²) < 4.78 is 33.5. The number of benzene rings is 2. The molecule has 0 saturated heterocycles. The van der Waals surface area contributed by atoms with Gasteiger partial charge in [-0.3, -0.25) is 9.52 Å². The van der Waals surface area contributed by atoms with Crippen molar-refractivity contribution in [2.45, 2.75) is 17.9 Å². The van der Waals surface area contributed by atoms with Crippen molar-refractivity contribution < 1.29 is 17.9 Å². The van der Waals surface area contributed by atoms with Crippen molar-refractivity contribution in [3.05, 3.63) is 64.6 Å². The topological polar surface area (TPSA) is 97.4 Å². The van der Waals surface area contributed by atoms with Crippen LogP contribution in [0.15, 0.2) is 69.5 Å². The van der Waals surface area contributed by atoms with Crippen LogP contribution in [0.4, 0.5) is 10.8 Å². The van der Waals surface area contributed by atoms with Gasteiger partial charge in [0.05, 0.1) is 4.90 Å². The van der Waals surface area contributed by atoms with Crippen LogP contribution in [-0.2, 0) is 14.8 Å². The average molecular weight is 482 g/mol. The number of anilines is 2. The Morgan fingerprint density at radius 3 is 2.43 bits per heavy atom. The van der Waals surface area contributed by atoms with Crippen LogP contribution in [0.5, 0.6) is 5.75 Å². The van der Waals surface area contributed by atoms with Crippen LogP contribution < -0.4 is 14.8 Å². The zero-order chi connectivity index (χ0) is 20.1. The smallest absolute Gasteiger partial charge is 0.265 e. The maximum atomic E-state index is 12.3. The average Bonchev–Trinajstić information content (AvgIpc) is 3.16. The molecule has 2 aromatic carbocycles. The summed E-state index contributed by atoms with van der Waals surface area (Å²) in [5, 5.41) is 4.66. The maximum absolute atomic E-state index is 12.3. The quantitative estimate of drug-likeness (QED) is 0.528. The van der Waals surface area contributed by atoms with Crippen LogP contribution in [0.1, 0.15) is 6.92 Å². The highest BCUT2D eigenvalue weighted by Gasteiger charge is 2.17. The van der Waals surface area contributed by atoms with Crippen LogP contribution in [0.3, 0.4) is 0 Å². The first-order valence-electron chi connectivity index (χ1n) is 8.09. The maximum Gasteiger partial charge on any atom is 0.265 e. The van der Waals surface area contributed by atoms with Gasteiger partial charge in [0.1, 0.15) is 5.75 Å². The number of amides is 1. The van der Waals surface area contributed by atoms with Crippen molar-refractivity contribution in [2.24, 2.45) is 0 Å². The Hall–Kier alpha value is -2.43. The Bertz CT molecular complexity index is 1040. The lowest BCUT2D eigenvalue weighted by Crippen LogP contribution is -2.30. The summed E-state index contributed by atoms with van der Waals surface area (Å²) in [7, 11) is -3.73. The lowest BCUT2D eigenvalue weighted by Gasteiger charge is -2.15. The second kappa shape index (κ2) is 8.72. The van der Waals surface area contributed by atoms with Crippen molar-refractivity contribution in [3.63, 3.8) is 0 Å². The molecule has 1 amide bonds. The van der Waals surface area contributed by atoms with Crippen molar-refractivity contribution in [1.29, 1.82) is 0 Å². The zero-order valence-electron chi connectivity index (χ0n) is 14.6. The van der Waals surface area contributed by atoms with Crippen molar-refractivity contribution in [2.75, 3.05) is 10.0 Å². The number of halogens is 1. The Balaban J connectivity index is 1.61. The highest BCUT2D eigenvalue weighted by atomic mass is 79.9. The number of nitrogens with zero attached hydrogens (tertiary/aromatic N) is 1. The highest BCUT2D eigenvalue weighted by Crippen LogP contribution is 2.20. The number of carbonyl (C=O) groups excluding carboxylic acids is 1. The first-order valence-corrected chi connectivity index (χ1v) is 11.2. The van der Waals surface area contributed by atoms with Gasteiger partial charge in [-0.1, -0.05) is 15.9 Å². The number of thiazole rings is 1. The van der Waals surface area contributed by atoms with E-state index in [1.807, 2.05) is 12.1 Å². The van der Waals surface area contributed by atoms with E-state index in [1.54, 1.807) is 24.4 Å². The lowest BCUT2D eigenvalue weighted by atomic mass is 10.3. The van der Waals surface area contributed by atoms with Gasteiger partial charge in [-0.2, -0.15) is 0 Å². The number of aromatic nitrogens is 1. The third kappa shape index (κ3) is 5.31. The van der Waals surface area contributed by atoms with Crippen LogP contribution >= 0.6 is 27.3 Å². The summed E-state index contributed by atoms with van der Waals surface area (Å²) in [5.41, 5.74) is 0.462. The molecule has 0 spiro atoms. The Morgan fingerprint density at radius 1 is 1.14 bits per heavy atom. The number of hydrogen-bond donors (Lipinski definition) is 2. The molecular formula is C18H16BrN3O4S2. The summed E-state index contributed by atoms with van der Waals surface area (Å²) in [6.45, 7) is 1.63. The van der Waals surface area contributed by atoms with E-state index in [1.165, 1.54) is 41.8 Å². The van der Waals surface area contributed by atoms with Gasteiger partial charge < -0.3 is 10.1 Å². The molecule has 146 valence electrons. The van der Waals surface area contributed by atoms with Gasteiger partial charge in [-0.25, -0.2) is 13.4 Å². The van der Waals surface area contributed by atoms with E-state index in [9.17, 15) is 13.2 Å². The molecule has 0 aliphatic heterocycles. The van der Waals surface area contributed by atoms with Crippen molar-refractivity contribution >= 4 is 54.0 Å². The Labute approximate surface area is 175 Å². The molecule has 28 heavy (non-hydrogen) atoms. The molecular weight excluding hydrogens is 466 g/mol. The summed E-state index contributed by atoms with van der Waals surface area (Å²) >= 11 is 4.52. The number of rotatable bonds is 7. The molecule has 0 bridgehead atoms. The van der Waals surface area contributed by atoms with Gasteiger partial charge in [-0.05, 0) is 55.5 Å². The highest BCUT2D eigenvalue weighted by molar-refractivity contribution is 9.10. The van der Waals surface area contributed by atoms with E-state index in [-0.39, 0.29) is 15.9 Å². The van der Waals surface area contributed by atoms with Crippen LogP contribution in [0.2, 0.25) is 0 Å². The normalized spacial score (nSPS) is 12.2. The molecule has 0 saturated carbocycles. The summed E-state index contributed by atoms with van der Waals surface area (Å²) in [4.78, 5) is 16.3. The predicted molar refractivity (Wildman–Crippen MR) is 112 cm³/mol. The molecule has 1 atom stereocenters. The SMILES string of the molecule is C[C@H](Oc1ccc(Br)cc1)C(=O)Nc1ccc(S(=O)(=O)Nc2nccs2)cc1. The summed E-state index contributed by atoms with van der Waals surface area (Å²) in [6, 6.07) is 13.0. The van der Waals surface area contributed by atoms with Gasteiger partial charge in [0.2, 0.25) is 0 Å². The zero-order valence-corrected chi connectivity index (χ0v) is 17.8. The molecule has 0 radical (unpaired) electrons. The van der Waals surface area contributed by atoms with Crippen molar-refractivity contribution in [1.82, 2.24) is 4.98 Å². The van der Waals surface area contributed by atoms with E-state index in [0.717, 1.165) is 4.47 Å². The molecule has 3 aromatic rings. The molecule has 10 heteroatoms. The second-order valence-corrected chi connectivity index (χ2v) is 9.16. The predicted octanol–water partition coefficient (Wildman–Crippen LogP) is 4.11. The summed E-state index contributed by atoms with van der Waals surface area (Å²) in [6.07, 6.45) is 0.787. The molecule has 3 rings (SSSR count). The Kier molecular flexibility index (Phi) is 6.32. The van der Waals surface area contributed by atoms with E-state index in [4.69, 9.17) is 4.74 Å². The number of nitrogens with one attached hydrogen (secondary N) is 2. The van der Waals surface area contributed by atoms with Gasteiger partial charge in [0, 0.05) is 21.7 Å². The van der Waals surface area contributed by atoms with Crippen molar-refractivity contribution in [3.8, 4) is 5.75 Å².